The zero-order chi connectivity index (χ0) is 19.3. The van der Waals surface area contributed by atoms with Crippen LogP contribution in [0.15, 0.2) is 66.0 Å². The van der Waals surface area contributed by atoms with Crippen LogP contribution in [0, 0.1) is 0 Å². The summed E-state index contributed by atoms with van der Waals surface area (Å²) in [5, 5.41) is 3.67. The number of amides is 1. The van der Waals surface area contributed by atoms with Gasteiger partial charge in [0.05, 0.1) is 29.9 Å². The maximum atomic E-state index is 12.5. The van der Waals surface area contributed by atoms with Crippen LogP contribution in [0.4, 0.5) is 0 Å². The second-order valence-electron chi connectivity index (χ2n) is 6.69. The number of para-hydroxylation sites is 2. The van der Waals surface area contributed by atoms with E-state index in [2.05, 4.69) is 22.0 Å². The molecule has 1 aliphatic rings. The Bertz CT molecular complexity index is 955. The van der Waals surface area contributed by atoms with Gasteiger partial charge in [-0.25, -0.2) is 4.98 Å². The highest BCUT2D eigenvalue weighted by Crippen LogP contribution is 2.36. The van der Waals surface area contributed by atoms with Gasteiger partial charge < -0.3 is 10.1 Å². The maximum Gasteiger partial charge on any atom is 0.233 e. The lowest BCUT2D eigenvalue weighted by Gasteiger charge is -2.17. The van der Waals surface area contributed by atoms with Crippen LogP contribution in [0.5, 0.6) is 5.75 Å². The van der Waals surface area contributed by atoms with Crippen LogP contribution in [-0.4, -0.2) is 34.4 Å². The van der Waals surface area contributed by atoms with Crippen LogP contribution in [0.25, 0.3) is 16.9 Å². The average Bonchev–Trinajstić information content (AvgIpc) is 3.05. The molecule has 5 nitrogen and oxygen atoms in total. The van der Waals surface area contributed by atoms with Gasteiger partial charge in [-0.2, -0.15) is 0 Å². The summed E-state index contributed by atoms with van der Waals surface area (Å²) in [7, 11) is 1.67. The van der Waals surface area contributed by atoms with Gasteiger partial charge in [0.2, 0.25) is 5.91 Å². The Balaban J connectivity index is 1.81. The Kier molecular flexibility index (Phi) is 5.67. The topological polar surface area (TPSA) is 56.1 Å². The van der Waals surface area contributed by atoms with Gasteiger partial charge in [-0.15, -0.1) is 0 Å². The first-order valence-electron chi connectivity index (χ1n) is 9.49. The minimum atomic E-state index is -0.137. The number of thioether (sulfide) groups is 1. The lowest BCUT2D eigenvalue weighted by molar-refractivity contribution is -0.120. The Morgan fingerprint density at radius 3 is 2.71 bits per heavy atom. The van der Waals surface area contributed by atoms with E-state index in [0.717, 1.165) is 53.7 Å². The fourth-order valence-electron chi connectivity index (χ4n) is 3.43. The number of hydrogen-bond donors (Lipinski definition) is 1. The van der Waals surface area contributed by atoms with Crippen LogP contribution in [0.1, 0.15) is 19.3 Å². The third-order valence-corrected chi connectivity index (χ3v) is 6.09. The quantitative estimate of drug-likeness (QED) is 0.702. The molecule has 0 radical (unpaired) electrons. The summed E-state index contributed by atoms with van der Waals surface area (Å²) < 4.78 is 7.70. The van der Waals surface area contributed by atoms with Crippen LogP contribution in [0.2, 0.25) is 0 Å². The van der Waals surface area contributed by atoms with E-state index < -0.39 is 0 Å². The summed E-state index contributed by atoms with van der Waals surface area (Å²) in [5.41, 5.74) is 2.96. The molecule has 1 fully saturated rings. The number of carbonyl (C=O) groups is 1. The second kappa shape index (κ2) is 8.52. The summed E-state index contributed by atoms with van der Waals surface area (Å²) in [6, 6.07) is 18.1. The predicted octanol–water partition coefficient (Wildman–Crippen LogP) is 4.31. The van der Waals surface area contributed by atoms with E-state index in [9.17, 15) is 4.79 Å². The predicted molar refractivity (Wildman–Crippen MR) is 112 cm³/mol. The van der Waals surface area contributed by atoms with Gasteiger partial charge in [-0.3, -0.25) is 9.36 Å². The molecule has 0 spiro atoms. The molecule has 2 heterocycles. The molecule has 1 N–H and O–H groups in total. The second-order valence-corrected chi connectivity index (χ2v) is 7.86. The molecular formula is C22H23N3O2S. The minimum absolute atomic E-state index is 0.0957. The van der Waals surface area contributed by atoms with E-state index in [-0.39, 0.29) is 11.2 Å². The van der Waals surface area contributed by atoms with Gasteiger partial charge in [0.25, 0.3) is 0 Å². The zero-order valence-electron chi connectivity index (χ0n) is 15.8. The highest BCUT2D eigenvalue weighted by atomic mass is 32.2. The summed E-state index contributed by atoms with van der Waals surface area (Å²) in [6.45, 7) is 0.756. The lowest BCUT2D eigenvalue weighted by Crippen LogP contribution is -2.30. The van der Waals surface area contributed by atoms with Gasteiger partial charge >= 0.3 is 0 Å². The summed E-state index contributed by atoms with van der Waals surface area (Å²) in [6.07, 6.45) is 4.80. The Morgan fingerprint density at radius 2 is 1.89 bits per heavy atom. The average molecular weight is 394 g/mol. The highest BCUT2D eigenvalue weighted by molar-refractivity contribution is 8.00. The summed E-state index contributed by atoms with van der Waals surface area (Å²) >= 11 is 1.53. The van der Waals surface area contributed by atoms with Crippen LogP contribution in [0.3, 0.4) is 0 Å². The SMILES string of the molecule is COc1ccccc1-n1c(-c2ccccc2)cnc1S[C@@H]1CCCCNC1=O. The van der Waals surface area contributed by atoms with Gasteiger partial charge in [-0.05, 0) is 25.0 Å². The molecule has 1 aliphatic heterocycles. The van der Waals surface area contributed by atoms with Gasteiger partial charge in [0.1, 0.15) is 5.75 Å². The molecule has 6 heteroatoms. The number of imidazole rings is 1. The number of rotatable bonds is 5. The largest absolute Gasteiger partial charge is 0.495 e. The number of carbonyl (C=O) groups excluding carboxylic acids is 1. The minimum Gasteiger partial charge on any atom is -0.495 e. The molecule has 1 saturated heterocycles. The van der Waals surface area contributed by atoms with Crippen LogP contribution < -0.4 is 10.1 Å². The molecule has 1 atom stereocenters. The van der Waals surface area contributed by atoms with E-state index >= 15 is 0 Å². The molecular weight excluding hydrogens is 370 g/mol. The smallest absolute Gasteiger partial charge is 0.233 e. The number of methoxy groups -OCH3 is 1. The van der Waals surface area contributed by atoms with Crippen molar-refractivity contribution in [3.8, 4) is 22.7 Å². The molecule has 1 amide bonds. The lowest BCUT2D eigenvalue weighted by atomic mass is 10.1. The van der Waals surface area contributed by atoms with Crippen molar-refractivity contribution >= 4 is 17.7 Å². The number of aromatic nitrogens is 2. The third-order valence-electron chi connectivity index (χ3n) is 4.86. The first-order chi connectivity index (χ1) is 13.8. The number of nitrogens with zero attached hydrogens (tertiary/aromatic N) is 2. The number of ether oxygens (including phenoxy) is 1. The maximum absolute atomic E-state index is 12.5. The fraction of sp³-hybridized carbons (Fsp3) is 0.273. The van der Waals surface area contributed by atoms with E-state index in [0.29, 0.717) is 0 Å². The summed E-state index contributed by atoms with van der Waals surface area (Å²) in [5.74, 6) is 0.864. The molecule has 0 aliphatic carbocycles. The highest BCUT2D eigenvalue weighted by Gasteiger charge is 2.26. The van der Waals surface area contributed by atoms with Gasteiger partial charge in [-0.1, -0.05) is 60.6 Å². The first-order valence-corrected chi connectivity index (χ1v) is 10.4. The number of nitrogens with one attached hydrogen (secondary N) is 1. The van der Waals surface area contributed by atoms with Crippen molar-refractivity contribution in [1.82, 2.24) is 14.9 Å². The fourth-order valence-corrected chi connectivity index (χ4v) is 4.57. The monoisotopic (exact) mass is 393 g/mol. The van der Waals surface area contributed by atoms with Crippen molar-refractivity contribution in [2.24, 2.45) is 0 Å². The molecule has 0 unspecified atom stereocenters. The Hall–Kier alpha value is -2.73. The van der Waals surface area contributed by atoms with Crippen molar-refractivity contribution in [3.63, 3.8) is 0 Å². The van der Waals surface area contributed by atoms with Crippen LogP contribution >= 0.6 is 11.8 Å². The van der Waals surface area contributed by atoms with Crippen molar-refractivity contribution in [2.75, 3.05) is 13.7 Å². The first kappa shape index (κ1) is 18.6. The van der Waals surface area contributed by atoms with E-state index in [4.69, 9.17) is 9.72 Å². The zero-order valence-corrected chi connectivity index (χ0v) is 16.6. The number of hydrogen-bond acceptors (Lipinski definition) is 4. The third kappa shape index (κ3) is 3.78. The Morgan fingerprint density at radius 1 is 1.11 bits per heavy atom. The molecule has 1 aromatic heterocycles. The van der Waals surface area contributed by atoms with Crippen molar-refractivity contribution in [1.29, 1.82) is 0 Å². The standard InChI is InChI=1S/C22H23N3O2S/c1-27-19-12-6-5-11-17(19)25-18(16-9-3-2-4-10-16)15-24-22(25)28-20-13-7-8-14-23-21(20)26/h2-6,9-12,15,20H,7-8,13-14H2,1H3,(H,23,26)/t20-/m1/s1. The molecule has 144 valence electrons. The van der Waals surface area contributed by atoms with Crippen LogP contribution in [-0.2, 0) is 4.79 Å². The number of benzene rings is 2. The summed E-state index contributed by atoms with van der Waals surface area (Å²) in [4.78, 5) is 17.2. The van der Waals surface area contributed by atoms with Crippen molar-refractivity contribution in [2.45, 2.75) is 29.7 Å². The van der Waals surface area contributed by atoms with E-state index in [1.165, 1.54) is 11.8 Å². The van der Waals surface area contributed by atoms with Gasteiger partial charge in [0, 0.05) is 12.1 Å². The van der Waals surface area contributed by atoms with E-state index in [1.54, 1.807) is 7.11 Å². The van der Waals surface area contributed by atoms with E-state index in [1.807, 2.05) is 48.7 Å². The molecule has 0 bridgehead atoms. The van der Waals surface area contributed by atoms with Crippen molar-refractivity contribution in [3.05, 3.63) is 60.8 Å². The normalized spacial score (nSPS) is 17.0. The molecule has 4 rings (SSSR count). The van der Waals surface area contributed by atoms with Crippen molar-refractivity contribution < 1.29 is 9.53 Å². The molecule has 2 aromatic carbocycles. The van der Waals surface area contributed by atoms with Gasteiger partial charge in [0.15, 0.2) is 5.16 Å². The molecule has 0 saturated carbocycles. The Labute approximate surface area is 169 Å². The molecule has 3 aromatic rings. The molecule has 28 heavy (non-hydrogen) atoms.